The van der Waals surface area contributed by atoms with E-state index >= 15 is 0 Å². The zero-order valence-corrected chi connectivity index (χ0v) is 13.4. The van der Waals surface area contributed by atoms with Gasteiger partial charge in [-0.3, -0.25) is 4.79 Å². The number of carbonyl (C=O) groups is 1. The van der Waals surface area contributed by atoms with Crippen molar-refractivity contribution in [2.75, 3.05) is 5.32 Å². The summed E-state index contributed by atoms with van der Waals surface area (Å²) in [5, 5.41) is 3.53. The Bertz CT molecular complexity index is 614. The summed E-state index contributed by atoms with van der Waals surface area (Å²) in [6, 6.07) is 13.9. The second-order valence-corrected chi connectivity index (χ2v) is 5.91. The van der Waals surface area contributed by atoms with E-state index in [1.165, 1.54) is 5.56 Å². The first kappa shape index (κ1) is 15.6. The van der Waals surface area contributed by atoms with E-state index in [1.54, 1.807) is 0 Å². The number of carbonyl (C=O) groups excluding carboxylic acids is 1. The van der Waals surface area contributed by atoms with Crippen LogP contribution in [0, 0.1) is 13.8 Å². The zero-order valence-electron chi connectivity index (χ0n) is 12.6. The molecule has 0 radical (unpaired) electrons. The molecule has 2 rings (SSSR count). The summed E-state index contributed by atoms with van der Waals surface area (Å²) in [5.74, 6) is 0.163. The van der Waals surface area contributed by atoms with Crippen molar-refractivity contribution in [1.29, 1.82) is 0 Å². The first-order chi connectivity index (χ1) is 9.97. The van der Waals surface area contributed by atoms with Gasteiger partial charge in [0.2, 0.25) is 5.91 Å². The predicted molar refractivity (Wildman–Crippen MR) is 89.0 cm³/mol. The van der Waals surface area contributed by atoms with Crippen molar-refractivity contribution in [2.24, 2.45) is 0 Å². The highest BCUT2D eigenvalue weighted by Gasteiger charge is 2.13. The lowest BCUT2D eigenvalue weighted by atomic mass is 9.97. The lowest BCUT2D eigenvalue weighted by Crippen LogP contribution is -2.15. The summed E-state index contributed by atoms with van der Waals surface area (Å²) in [6.45, 7) is 6.00. The third kappa shape index (κ3) is 4.08. The van der Waals surface area contributed by atoms with Crippen LogP contribution in [0.15, 0.2) is 42.5 Å². The van der Waals surface area contributed by atoms with Crippen LogP contribution in [-0.2, 0) is 4.79 Å². The van der Waals surface area contributed by atoms with Gasteiger partial charge in [-0.2, -0.15) is 0 Å². The van der Waals surface area contributed by atoms with Gasteiger partial charge in [0.25, 0.3) is 0 Å². The van der Waals surface area contributed by atoms with Gasteiger partial charge in [0.05, 0.1) is 10.7 Å². The average Bonchev–Trinajstić information content (AvgIpc) is 2.43. The summed E-state index contributed by atoms with van der Waals surface area (Å²) >= 11 is 6.22. The normalized spacial score (nSPS) is 12.0. The quantitative estimate of drug-likeness (QED) is 0.837. The van der Waals surface area contributed by atoms with Crippen LogP contribution in [0.25, 0.3) is 0 Å². The number of nitrogens with one attached hydrogen (secondary N) is 1. The van der Waals surface area contributed by atoms with E-state index in [0.717, 1.165) is 11.1 Å². The van der Waals surface area contributed by atoms with Crippen LogP contribution in [0.2, 0.25) is 5.02 Å². The second-order valence-electron chi connectivity index (χ2n) is 5.50. The minimum Gasteiger partial charge on any atom is -0.325 e. The summed E-state index contributed by atoms with van der Waals surface area (Å²) in [6.07, 6.45) is 0.438. The highest BCUT2D eigenvalue weighted by Crippen LogP contribution is 2.28. The highest BCUT2D eigenvalue weighted by atomic mass is 35.5. The molecule has 0 aliphatic rings. The first-order valence-electron chi connectivity index (χ1n) is 7.09. The number of hydrogen-bond donors (Lipinski definition) is 1. The average molecular weight is 302 g/mol. The van der Waals surface area contributed by atoms with E-state index in [1.807, 2.05) is 56.3 Å². The molecule has 2 nitrogen and oxygen atoms in total. The number of halogens is 1. The Kier molecular flexibility index (Phi) is 5.03. The highest BCUT2D eigenvalue weighted by molar-refractivity contribution is 6.34. The summed E-state index contributed by atoms with van der Waals surface area (Å²) < 4.78 is 0. The molecule has 110 valence electrons. The van der Waals surface area contributed by atoms with Gasteiger partial charge in [-0.05, 0) is 42.5 Å². The third-order valence-corrected chi connectivity index (χ3v) is 3.85. The predicted octanol–water partition coefficient (Wildman–Crippen LogP) is 5.09. The summed E-state index contributed by atoms with van der Waals surface area (Å²) in [5.41, 5.74) is 3.96. The van der Waals surface area contributed by atoms with Crippen molar-refractivity contribution in [3.8, 4) is 0 Å². The van der Waals surface area contributed by atoms with Crippen LogP contribution in [0.1, 0.15) is 36.0 Å². The Morgan fingerprint density at radius 2 is 1.86 bits per heavy atom. The molecule has 2 aromatic rings. The van der Waals surface area contributed by atoms with Crippen molar-refractivity contribution in [3.05, 3.63) is 64.2 Å². The maximum absolute atomic E-state index is 12.2. The van der Waals surface area contributed by atoms with Crippen molar-refractivity contribution < 1.29 is 4.79 Å². The van der Waals surface area contributed by atoms with Crippen LogP contribution < -0.4 is 5.32 Å². The fraction of sp³-hybridized carbons (Fsp3) is 0.278. The Morgan fingerprint density at radius 1 is 1.19 bits per heavy atom. The molecule has 0 fully saturated rings. The molecule has 0 aliphatic heterocycles. The Balaban J connectivity index is 2.06. The maximum atomic E-state index is 12.2. The standard InChI is InChI=1S/C18H20ClNO/c1-12-9-14(3)18(16(19)10-12)20-17(21)11-13(2)15-7-5-4-6-8-15/h4-10,13H,11H2,1-3H3,(H,20,21)/t13-/m1/s1. The smallest absolute Gasteiger partial charge is 0.225 e. The van der Waals surface area contributed by atoms with Gasteiger partial charge >= 0.3 is 0 Å². The molecule has 0 heterocycles. The monoisotopic (exact) mass is 301 g/mol. The number of amides is 1. The van der Waals surface area contributed by atoms with Gasteiger partial charge in [-0.25, -0.2) is 0 Å². The van der Waals surface area contributed by atoms with Crippen LogP contribution in [0.3, 0.4) is 0 Å². The molecule has 0 aromatic heterocycles. The molecule has 1 atom stereocenters. The van der Waals surface area contributed by atoms with Gasteiger partial charge in [0.1, 0.15) is 0 Å². The molecule has 1 N–H and O–H groups in total. The molecule has 0 unspecified atom stereocenters. The van der Waals surface area contributed by atoms with Crippen LogP contribution in [0.4, 0.5) is 5.69 Å². The topological polar surface area (TPSA) is 29.1 Å². The number of anilines is 1. The van der Waals surface area contributed by atoms with E-state index in [0.29, 0.717) is 17.1 Å². The zero-order chi connectivity index (χ0) is 15.4. The maximum Gasteiger partial charge on any atom is 0.225 e. The van der Waals surface area contributed by atoms with Gasteiger partial charge in [0.15, 0.2) is 0 Å². The second kappa shape index (κ2) is 6.77. The fourth-order valence-corrected chi connectivity index (χ4v) is 2.81. The molecular formula is C18H20ClNO. The molecule has 0 aliphatic carbocycles. The number of benzene rings is 2. The van der Waals surface area contributed by atoms with Crippen LogP contribution >= 0.6 is 11.6 Å². The summed E-state index contributed by atoms with van der Waals surface area (Å²) in [7, 11) is 0. The SMILES string of the molecule is Cc1cc(C)c(NC(=O)C[C@@H](C)c2ccccc2)c(Cl)c1. The van der Waals surface area contributed by atoms with Crippen LogP contribution in [-0.4, -0.2) is 5.91 Å². The lowest BCUT2D eigenvalue weighted by molar-refractivity contribution is -0.116. The van der Waals surface area contributed by atoms with E-state index < -0.39 is 0 Å². The van der Waals surface area contributed by atoms with E-state index in [9.17, 15) is 4.79 Å². The minimum absolute atomic E-state index is 0.0137. The van der Waals surface area contributed by atoms with Crippen molar-refractivity contribution >= 4 is 23.2 Å². The molecule has 1 amide bonds. The first-order valence-corrected chi connectivity index (χ1v) is 7.46. The molecular weight excluding hydrogens is 282 g/mol. The van der Waals surface area contributed by atoms with Gasteiger partial charge in [-0.1, -0.05) is 54.9 Å². The summed E-state index contributed by atoms with van der Waals surface area (Å²) in [4.78, 5) is 12.2. The third-order valence-electron chi connectivity index (χ3n) is 3.56. The van der Waals surface area contributed by atoms with Crippen LogP contribution in [0.5, 0.6) is 0 Å². The fourth-order valence-electron chi connectivity index (χ4n) is 2.44. The van der Waals surface area contributed by atoms with Gasteiger partial charge in [0, 0.05) is 6.42 Å². The molecule has 2 aromatic carbocycles. The number of hydrogen-bond acceptors (Lipinski definition) is 1. The van der Waals surface area contributed by atoms with E-state index in [2.05, 4.69) is 12.2 Å². The van der Waals surface area contributed by atoms with Crippen molar-refractivity contribution in [1.82, 2.24) is 0 Å². The van der Waals surface area contributed by atoms with Crippen molar-refractivity contribution in [2.45, 2.75) is 33.1 Å². The molecule has 3 heteroatoms. The molecule has 0 saturated carbocycles. The van der Waals surface area contributed by atoms with E-state index in [-0.39, 0.29) is 11.8 Å². The lowest BCUT2D eigenvalue weighted by Gasteiger charge is -2.14. The number of rotatable bonds is 4. The molecule has 0 saturated heterocycles. The Labute approximate surface area is 131 Å². The molecule has 0 spiro atoms. The van der Waals surface area contributed by atoms with Gasteiger partial charge < -0.3 is 5.32 Å². The molecule has 0 bridgehead atoms. The van der Waals surface area contributed by atoms with Gasteiger partial charge in [-0.15, -0.1) is 0 Å². The largest absolute Gasteiger partial charge is 0.325 e. The molecule has 21 heavy (non-hydrogen) atoms. The number of aryl methyl sites for hydroxylation is 2. The minimum atomic E-state index is -0.0137. The van der Waals surface area contributed by atoms with Crippen molar-refractivity contribution in [3.63, 3.8) is 0 Å². The Morgan fingerprint density at radius 3 is 2.48 bits per heavy atom. The van der Waals surface area contributed by atoms with E-state index in [4.69, 9.17) is 11.6 Å². The Hall–Kier alpha value is -1.80.